The van der Waals surface area contributed by atoms with Crippen LogP contribution in [-0.2, 0) is 15.9 Å². The third-order valence-corrected chi connectivity index (χ3v) is 3.25. The third-order valence-electron chi connectivity index (χ3n) is 3.25. The van der Waals surface area contributed by atoms with Crippen LogP contribution in [0, 0.1) is 0 Å². The summed E-state index contributed by atoms with van der Waals surface area (Å²) in [6.07, 6.45) is 2.42. The van der Waals surface area contributed by atoms with E-state index >= 15 is 0 Å². The number of nitrogens with one attached hydrogen (secondary N) is 1. The van der Waals surface area contributed by atoms with Crippen molar-refractivity contribution in [3.05, 3.63) is 29.8 Å². The number of ether oxygens (including phenoxy) is 2. The van der Waals surface area contributed by atoms with Crippen LogP contribution in [0.5, 0.6) is 0 Å². The molecule has 1 unspecified atom stereocenters. The molecule has 0 bridgehead atoms. The second kappa shape index (κ2) is 6.40. The standard InChI is InChI=1S/C16H25NO2/c1-16(2,3)19-11-10-18-14-9-8-13-6-4-5-7-15(13)17-12-14/h4-7,14,17H,8-12H2,1-3H3. The number of rotatable bonds is 4. The Labute approximate surface area is 116 Å². The van der Waals surface area contributed by atoms with Crippen molar-refractivity contribution < 1.29 is 9.47 Å². The Morgan fingerprint density at radius 3 is 2.79 bits per heavy atom. The van der Waals surface area contributed by atoms with Gasteiger partial charge in [0.05, 0.1) is 24.9 Å². The molecule has 1 aromatic carbocycles. The minimum atomic E-state index is -0.0820. The van der Waals surface area contributed by atoms with Gasteiger partial charge in [-0.05, 0) is 45.2 Å². The SMILES string of the molecule is CC(C)(C)OCCOC1CCc2ccccc2NC1. The Balaban J connectivity index is 1.73. The van der Waals surface area contributed by atoms with Crippen LogP contribution in [0.1, 0.15) is 32.8 Å². The predicted molar refractivity (Wildman–Crippen MR) is 78.7 cm³/mol. The highest BCUT2D eigenvalue weighted by Crippen LogP contribution is 2.21. The molecule has 1 N–H and O–H groups in total. The minimum Gasteiger partial charge on any atom is -0.382 e. The highest BCUT2D eigenvalue weighted by atomic mass is 16.5. The largest absolute Gasteiger partial charge is 0.382 e. The first kappa shape index (κ1) is 14.4. The van der Waals surface area contributed by atoms with E-state index in [0.29, 0.717) is 13.2 Å². The van der Waals surface area contributed by atoms with E-state index in [4.69, 9.17) is 9.47 Å². The molecule has 0 aliphatic carbocycles. The van der Waals surface area contributed by atoms with E-state index in [1.807, 2.05) is 0 Å². The predicted octanol–water partition coefficient (Wildman–Crippen LogP) is 3.25. The lowest BCUT2D eigenvalue weighted by molar-refractivity contribution is -0.0501. The number of anilines is 1. The van der Waals surface area contributed by atoms with Gasteiger partial charge in [-0.1, -0.05) is 18.2 Å². The van der Waals surface area contributed by atoms with Crippen molar-refractivity contribution in [3.63, 3.8) is 0 Å². The first-order valence-electron chi connectivity index (χ1n) is 7.12. The van der Waals surface area contributed by atoms with Crippen molar-refractivity contribution in [1.82, 2.24) is 0 Å². The molecule has 106 valence electrons. The average molecular weight is 263 g/mol. The van der Waals surface area contributed by atoms with Crippen molar-refractivity contribution >= 4 is 5.69 Å². The maximum absolute atomic E-state index is 5.90. The van der Waals surface area contributed by atoms with Crippen molar-refractivity contribution in [2.75, 3.05) is 25.1 Å². The summed E-state index contributed by atoms with van der Waals surface area (Å²) in [7, 11) is 0. The molecule has 1 aliphatic rings. The Bertz CT molecular complexity index is 371. The van der Waals surface area contributed by atoms with Gasteiger partial charge in [0, 0.05) is 12.2 Å². The van der Waals surface area contributed by atoms with Gasteiger partial charge in [-0.3, -0.25) is 0 Å². The topological polar surface area (TPSA) is 30.5 Å². The van der Waals surface area contributed by atoms with Gasteiger partial charge in [0.25, 0.3) is 0 Å². The molecule has 1 aromatic rings. The molecule has 0 amide bonds. The number of fused-ring (bicyclic) bond motifs is 1. The van der Waals surface area contributed by atoms with Crippen LogP contribution in [0.4, 0.5) is 5.69 Å². The van der Waals surface area contributed by atoms with Gasteiger partial charge < -0.3 is 14.8 Å². The van der Waals surface area contributed by atoms with E-state index < -0.39 is 0 Å². The molecule has 0 spiro atoms. The van der Waals surface area contributed by atoms with E-state index in [1.54, 1.807) is 0 Å². The monoisotopic (exact) mass is 263 g/mol. The Kier molecular flexibility index (Phi) is 4.83. The zero-order valence-corrected chi connectivity index (χ0v) is 12.2. The third kappa shape index (κ3) is 4.84. The summed E-state index contributed by atoms with van der Waals surface area (Å²) in [6, 6.07) is 8.50. The number of para-hydroxylation sites is 1. The molecule has 3 nitrogen and oxygen atoms in total. The van der Waals surface area contributed by atoms with Crippen LogP contribution in [0.15, 0.2) is 24.3 Å². The van der Waals surface area contributed by atoms with Crippen LogP contribution in [-0.4, -0.2) is 31.5 Å². The quantitative estimate of drug-likeness (QED) is 0.846. The molecule has 0 fully saturated rings. The normalized spacial score (nSPS) is 19.4. The highest BCUT2D eigenvalue weighted by Gasteiger charge is 2.16. The molecular weight excluding hydrogens is 238 g/mol. The zero-order chi connectivity index (χ0) is 13.7. The summed E-state index contributed by atoms with van der Waals surface area (Å²) in [6.45, 7) is 8.41. The summed E-state index contributed by atoms with van der Waals surface area (Å²) >= 11 is 0. The van der Waals surface area contributed by atoms with E-state index in [2.05, 4.69) is 50.4 Å². The fourth-order valence-electron chi connectivity index (χ4n) is 2.26. The molecule has 1 aliphatic heterocycles. The highest BCUT2D eigenvalue weighted by molar-refractivity contribution is 5.51. The molecule has 2 rings (SSSR count). The Hall–Kier alpha value is -1.06. The Morgan fingerprint density at radius 2 is 2.00 bits per heavy atom. The summed E-state index contributed by atoms with van der Waals surface area (Å²) < 4.78 is 11.6. The fraction of sp³-hybridized carbons (Fsp3) is 0.625. The summed E-state index contributed by atoms with van der Waals surface area (Å²) in [5.41, 5.74) is 2.56. The van der Waals surface area contributed by atoms with Gasteiger partial charge in [-0.15, -0.1) is 0 Å². The molecule has 1 atom stereocenters. The van der Waals surface area contributed by atoms with Gasteiger partial charge >= 0.3 is 0 Å². The number of aryl methyl sites for hydroxylation is 1. The summed E-state index contributed by atoms with van der Waals surface area (Å²) in [5, 5.41) is 3.47. The van der Waals surface area contributed by atoms with Gasteiger partial charge in [0.2, 0.25) is 0 Å². The smallest absolute Gasteiger partial charge is 0.0751 e. The molecule has 19 heavy (non-hydrogen) atoms. The number of hydrogen-bond acceptors (Lipinski definition) is 3. The van der Waals surface area contributed by atoms with Crippen LogP contribution in [0.25, 0.3) is 0 Å². The van der Waals surface area contributed by atoms with Crippen LogP contribution < -0.4 is 5.32 Å². The fourth-order valence-corrected chi connectivity index (χ4v) is 2.26. The lowest BCUT2D eigenvalue weighted by Gasteiger charge is -2.21. The first-order chi connectivity index (χ1) is 9.04. The molecule has 3 heteroatoms. The number of hydrogen-bond donors (Lipinski definition) is 1. The maximum Gasteiger partial charge on any atom is 0.0751 e. The van der Waals surface area contributed by atoms with Gasteiger partial charge in [-0.2, -0.15) is 0 Å². The van der Waals surface area contributed by atoms with Crippen molar-refractivity contribution in [3.8, 4) is 0 Å². The van der Waals surface area contributed by atoms with Gasteiger partial charge in [0.15, 0.2) is 0 Å². The maximum atomic E-state index is 5.90. The van der Waals surface area contributed by atoms with E-state index in [-0.39, 0.29) is 11.7 Å². The Morgan fingerprint density at radius 1 is 1.21 bits per heavy atom. The molecule has 0 saturated carbocycles. The molecular formula is C16H25NO2. The number of benzene rings is 1. The summed E-state index contributed by atoms with van der Waals surface area (Å²) in [4.78, 5) is 0. The van der Waals surface area contributed by atoms with Crippen molar-refractivity contribution in [1.29, 1.82) is 0 Å². The second-order valence-corrected chi connectivity index (χ2v) is 6.03. The minimum absolute atomic E-state index is 0.0820. The van der Waals surface area contributed by atoms with Crippen LogP contribution >= 0.6 is 0 Å². The van der Waals surface area contributed by atoms with E-state index in [1.165, 1.54) is 11.3 Å². The van der Waals surface area contributed by atoms with E-state index in [0.717, 1.165) is 19.4 Å². The lowest BCUT2D eigenvalue weighted by Crippen LogP contribution is -2.26. The van der Waals surface area contributed by atoms with Crippen LogP contribution in [0.2, 0.25) is 0 Å². The molecule has 1 heterocycles. The lowest BCUT2D eigenvalue weighted by atomic mass is 10.1. The average Bonchev–Trinajstić information content (AvgIpc) is 2.56. The van der Waals surface area contributed by atoms with Crippen molar-refractivity contribution in [2.24, 2.45) is 0 Å². The second-order valence-electron chi connectivity index (χ2n) is 6.03. The zero-order valence-electron chi connectivity index (χ0n) is 12.2. The van der Waals surface area contributed by atoms with Crippen molar-refractivity contribution in [2.45, 2.75) is 45.3 Å². The first-order valence-corrected chi connectivity index (χ1v) is 7.12. The molecule has 0 radical (unpaired) electrons. The van der Waals surface area contributed by atoms with Gasteiger partial charge in [0.1, 0.15) is 0 Å². The van der Waals surface area contributed by atoms with E-state index in [9.17, 15) is 0 Å². The van der Waals surface area contributed by atoms with Crippen LogP contribution in [0.3, 0.4) is 0 Å². The molecule has 0 aromatic heterocycles. The van der Waals surface area contributed by atoms with Gasteiger partial charge in [-0.25, -0.2) is 0 Å². The molecule has 0 saturated heterocycles. The summed E-state index contributed by atoms with van der Waals surface area (Å²) in [5.74, 6) is 0.